The molecule has 0 fully saturated rings. The fourth-order valence-corrected chi connectivity index (χ4v) is 2.31. The monoisotopic (exact) mass is 291 g/mol. The maximum absolute atomic E-state index is 6.02. The van der Waals surface area contributed by atoms with E-state index in [1.807, 2.05) is 55.6 Å². The van der Waals surface area contributed by atoms with Crippen molar-refractivity contribution in [1.29, 1.82) is 0 Å². The van der Waals surface area contributed by atoms with Gasteiger partial charge in [0.2, 0.25) is 0 Å². The zero-order valence-electron chi connectivity index (χ0n) is 11.9. The van der Waals surface area contributed by atoms with Crippen LogP contribution >= 0.6 is 0 Å². The molecule has 0 bridgehead atoms. The molecule has 0 amide bonds. The minimum absolute atomic E-state index is 0.337. The van der Waals surface area contributed by atoms with E-state index in [9.17, 15) is 0 Å². The molecule has 4 aromatic rings. The van der Waals surface area contributed by atoms with Gasteiger partial charge in [0.05, 0.1) is 11.9 Å². The topological polar surface area (TPSA) is 82.8 Å². The molecule has 22 heavy (non-hydrogen) atoms. The molecule has 0 radical (unpaired) electrons. The number of fused-ring (bicyclic) bond motifs is 1. The number of rotatable bonds is 2. The number of nitrogens with two attached hydrogens (primary N) is 1. The second-order valence-corrected chi connectivity index (χ2v) is 4.99. The molecule has 0 spiro atoms. The minimum atomic E-state index is 0.337. The molecule has 6 nitrogen and oxygen atoms in total. The molecule has 2 N–H and O–H groups in total. The highest BCUT2D eigenvalue weighted by Gasteiger charge is 2.13. The van der Waals surface area contributed by atoms with E-state index in [-0.39, 0.29) is 0 Å². The second kappa shape index (κ2) is 4.70. The Balaban J connectivity index is 1.88. The Kier molecular flexibility index (Phi) is 2.69. The van der Waals surface area contributed by atoms with Gasteiger partial charge in [0.15, 0.2) is 22.9 Å². The van der Waals surface area contributed by atoms with Crippen molar-refractivity contribution in [3.63, 3.8) is 0 Å². The fourth-order valence-electron chi connectivity index (χ4n) is 2.31. The molecule has 0 aliphatic rings. The number of hydrogen-bond donors (Lipinski definition) is 1. The van der Waals surface area contributed by atoms with Crippen molar-refractivity contribution in [1.82, 2.24) is 19.7 Å². The van der Waals surface area contributed by atoms with Crippen LogP contribution in [0.2, 0.25) is 0 Å². The number of aromatic nitrogens is 4. The zero-order chi connectivity index (χ0) is 15.1. The van der Waals surface area contributed by atoms with E-state index in [0.717, 1.165) is 11.4 Å². The Morgan fingerprint density at radius 3 is 2.59 bits per heavy atom. The summed E-state index contributed by atoms with van der Waals surface area (Å²) >= 11 is 0. The van der Waals surface area contributed by atoms with Crippen molar-refractivity contribution in [2.75, 3.05) is 5.73 Å². The summed E-state index contributed by atoms with van der Waals surface area (Å²) < 4.78 is 7.30. The van der Waals surface area contributed by atoms with Crippen molar-refractivity contribution in [3.8, 4) is 17.3 Å². The lowest BCUT2D eigenvalue weighted by Crippen LogP contribution is -1.97. The first-order valence-electron chi connectivity index (χ1n) is 6.86. The largest absolute Gasteiger partial charge is 0.458 e. The lowest BCUT2D eigenvalue weighted by molar-refractivity contribution is 0.544. The lowest BCUT2D eigenvalue weighted by Gasteiger charge is -1.98. The number of furan rings is 1. The third-order valence-corrected chi connectivity index (χ3v) is 3.37. The number of nitrogens with zero attached hydrogens (tertiary/aromatic N) is 4. The maximum Gasteiger partial charge on any atom is 0.198 e. The van der Waals surface area contributed by atoms with E-state index < -0.39 is 0 Å². The predicted octanol–water partition coefficient (Wildman–Crippen LogP) is 2.97. The van der Waals surface area contributed by atoms with Crippen LogP contribution in [0, 0.1) is 6.92 Å². The molecule has 6 heteroatoms. The van der Waals surface area contributed by atoms with E-state index >= 15 is 0 Å². The first kappa shape index (κ1) is 12.6. The van der Waals surface area contributed by atoms with Crippen molar-refractivity contribution in [2.24, 2.45) is 0 Å². The molecule has 0 saturated heterocycles. The van der Waals surface area contributed by atoms with Gasteiger partial charge in [0.25, 0.3) is 0 Å². The summed E-state index contributed by atoms with van der Waals surface area (Å²) in [6.07, 6.45) is 1.84. The van der Waals surface area contributed by atoms with Crippen LogP contribution in [0.5, 0.6) is 0 Å². The molecule has 0 saturated carbocycles. The zero-order valence-corrected chi connectivity index (χ0v) is 11.9. The summed E-state index contributed by atoms with van der Waals surface area (Å²) in [7, 11) is 0. The summed E-state index contributed by atoms with van der Waals surface area (Å²) in [6.45, 7) is 1.87. The first-order valence-corrected chi connectivity index (χ1v) is 6.86. The van der Waals surface area contributed by atoms with E-state index in [1.54, 1.807) is 4.68 Å². The van der Waals surface area contributed by atoms with Gasteiger partial charge in [-0.05, 0) is 31.2 Å². The SMILES string of the molecule is Cc1ccc(-c2nc(N)c3nn(-c4ccccc4)cc3n2)o1. The van der Waals surface area contributed by atoms with Gasteiger partial charge in [-0.1, -0.05) is 18.2 Å². The number of hydrogen-bond acceptors (Lipinski definition) is 5. The van der Waals surface area contributed by atoms with Gasteiger partial charge in [-0.25, -0.2) is 14.6 Å². The highest BCUT2D eigenvalue weighted by atomic mass is 16.3. The fraction of sp³-hybridized carbons (Fsp3) is 0.0625. The van der Waals surface area contributed by atoms with Crippen LogP contribution in [-0.4, -0.2) is 19.7 Å². The van der Waals surface area contributed by atoms with Gasteiger partial charge >= 0.3 is 0 Å². The normalized spacial score (nSPS) is 11.1. The van der Waals surface area contributed by atoms with Crippen LogP contribution in [0.15, 0.2) is 53.1 Å². The first-order chi connectivity index (χ1) is 10.7. The molecule has 4 rings (SSSR count). The second-order valence-electron chi connectivity index (χ2n) is 4.99. The Morgan fingerprint density at radius 1 is 1.05 bits per heavy atom. The van der Waals surface area contributed by atoms with E-state index in [4.69, 9.17) is 10.2 Å². The van der Waals surface area contributed by atoms with Gasteiger partial charge in [-0.15, -0.1) is 0 Å². The van der Waals surface area contributed by atoms with Crippen molar-refractivity contribution >= 4 is 16.9 Å². The molecule has 0 unspecified atom stereocenters. The smallest absolute Gasteiger partial charge is 0.198 e. The standard InChI is InChI=1S/C16H13N5O/c1-10-7-8-13(22-10)16-18-12-9-21(11-5-3-2-4-6-11)20-14(12)15(17)19-16/h2-9H,1H3,(H2,17,18,19). The Morgan fingerprint density at radius 2 is 1.86 bits per heavy atom. The minimum Gasteiger partial charge on any atom is -0.458 e. The summed E-state index contributed by atoms with van der Waals surface area (Å²) in [5, 5.41) is 4.46. The van der Waals surface area contributed by atoms with Gasteiger partial charge in [0, 0.05) is 0 Å². The summed E-state index contributed by atoms with van der Waals surface area (Å²) in [5.41, 5.74) is 8.22. The number of aryl methyl sites for hydroxylation is 1. The highest BCUT2D eigenvalue weighted by Crippen LogP contribution is 2.24. The third kappa shape index (κ3) is 2.01. The Bertz CT molecular complexity index is 955. The maximum atomic E-state index is 6.02. The Hall–Kier alpha value is -3.15. The van der Waals surface area contributed by atoms with Crippen molar-refractivity contribution in [3.05, 3.63) is 54.4 Å². The van der Waals surface area contributed by atoms with E-state index in [2.05, 4.69) is 15.1 Å². The van der Waals surface area contributed by atoms with Crippen molar-refractivity contribution in [2.45, 2.75) is 6.92 Å². The predicted molar refractivity (Wildman–Crippen MR) is 83.5 cm³/mol. The average Bonchev–Trinajstić information content (AvgIpc) is 3.14. The molecule has 0 aliphatic carbocycles. The van der Waals surface area contributed by atoms with Gasteiger partial charge in [-0.2, -0.15) is 5.10 Å². The summed E-state index contributed by atoms with van der Waals surface area (Å²) in [5.74, 6) is 2.20. The van der Waals surface area contributed by atoms with Crippen LogP contribution in [0.1, 0.15) is 5.76 Å². The molecule has 1 aromatic carbocycles. The molecular weight excluding hydrogens is 278 g/mol. The summed E-state index contributed by atoms with van der Waals surface area (Å²) in [4.78, 5) is 8.79. The number of anilines is 1. The van der Waals surface area contributed by atoms with Gasteiger partial charge in [0.1, 0.15) is 11.3 Å². The van der Waals surface area contributed by atoms with E-state index in [0.29, 0.717) is 28.4 Å². The molecule has 3 aromatic heterocycles. The van der Waals surface area contributed by atoms with Gasteiger partial charge in [-0.3, -0.25) is 0 Å². The van der Waals surface area contributed by atoms with Crippen LogP contribution in [0.25, 0.3) is 28.3 Å². The molecule has 0 atom stereocenters. The van der Waals surface area contributed by atoms with Crippen LogP contribution < -0.4 is 5.73 Å². The molecule has 3 heterocycles. The lowest BCUT2D eigenvalue weighted by atomic mass is 10.3. The van der Waals surface area contributed by atoms with Crippen LogP contribution in [0.4, 0.5) is 5.82 Å². The quantitative estimate of drug-likeness (QED) is 0.614. The molecule has 0 aliphatic heterocycles. The highest BCUT2D eigenvalue weighted by molar-refractivity contribution is 5.85. The van der Waals surface area contributed by atoms with Crippen LogP contribution in [-0.2, 0) is 0 Å². The number of para-hydroxylation sites is 1. The Labute approximate surface area is 126 Å². The number of nitrogen functional groups attached to an aromatic ring is 1. The average molecular weight is 291 g/mol. The molecule has 108 valence electrons. The van der Waals surface area contributed by atoms with Crippen LogP contribution in [0.3, 0.4) is 0 Å². The van der Waals surface area contributed by atoms with Gasteiger partial charge < -0.3 is 10.2 Å². The van der Waals surface area contributed by atoms with E-state index in [1.165, 1.54) is 0 Å². The third-order valence-electron chi connectivity index (χ3n) is 3.37. The van der Waals surface area contributed by atoms with Crippen molar-refractivity contribution < 1.29 is 4.42 Å². The number of benzene rings is 1. The molecular formula is C16H13N5O. The summed E-state index contributed by atoms with van der Waals surface area (Å²) in [6, 6.07) is 13.5.